The molecule has 2 heterocycles. The summed E-state index contributed by atoms with van der Waals surface area (Å²) >= 11 is 7.17. The third-order valence-corrected chi connectivity index (χ3v) is 8.70. The van der Waals surface area contributed by atoms with Crippen LogP contribution < -0.4 is 0 Å². The number of nitrogens with zero attached hydrogens (tertiary/aromatic N) is 4. The summed E-state index contributed by atoms with van der Waals surface area (Å²) in [6, 6.07) is 24.9. The average molecular weight is 467 g/mol. The molecule has 5 rings (SSSR count). The molecule has 0 aliphatic carbocycles. The predicted octanol–water partition coefficient (Wildman–Crippen LogP) is 4.76. The molecule has 1 aromatic heterocycles. The number of benzene rings is 3. The number of hydrogen-bond acceptors (Lipinski definition) is 6. The van der Waals surface area contributed by atoms with E-state index in [2.05, 4.69) is 10.2 Å². The molecule has 154 valence electrons. The van der Waals surface area contributed by atoms with Crippen LogP contribution >= 0.6 is 23.4 Å². The molecule has 0 saturated carbocycles. The molecule has 6 nitrogen and oxygen atoms in total. The zero-order valence-corrected chi connectivity index (χ0v) is 18.3. The fourth-order valence-electron chi connectivity index (χ4n) is 3.26. The Morgan fingerprint density at radius 2 is 1.45 bits per heavy atom. The first-order valence-corrected chi connectivity index (χ1v) is 12.2. The summed E-state index contributed by atoms with van der Waals surface area (Å²) in [4.78, 5) is 0.227. The van der Waals surface area contributed by atoms with E-state index in [1.807, 2.05) is 30.3 Å². The van der Waals surface area contributed by atoms with Gasteiger partial charge in [-0.05, 0) is 24.3 Å². The molecule has 0 bridgehead atoms. The molecule has 4 aromatic rings. The molecule has 31 heavy (non-hydrogen) atoms. The van der Waals surface area contributed by atoms with Crippen LogP contribution in [0.1, 0.15) is 5.56 Å². The third-order valence-electron chi connectivity index (χ3n) is 4.78. The van der Waals surface area contributed by atoms with E-state index in [1.165, 1.54) is 0 Å². The average Bonchev–Trinajstić information content (AvgIpc) is 3.23. The number of fused-ring (bicyclic) bond motifs is 1. The van der Waals surface area contributed by atoms with Crippen molar-refractivity contribution in [2.24, 2.45) is 5.10 Å². The Balaban J connectivity index is 1.69. The van der Waals surface area contributed by atoms with E-state index >= 15 is 0 Å². The van der Waals surface area contributed by atoms with Gasteiger partial charge in [-0.3, -0.25) is 0 Å². The molecule has 0 spiro atoms. The molecule has 9 heteroatoms. The minimum atomic E-state index is -3.75. The van der Waals surface area contributed by atoms with Gasteiger partial charge in [-0.2, -0.15) is 9.78 Å². The number of rotatable bonds is 4. The van der Waals surface area contributed by atoms with Gasteiger partial charge in [0.15, 0.2) is 20.2 Å². The summed E-state index contributed by atoms with van der Waals surface area (Å²) in [6.07, 6.45) is 0. The first-order chi connectivity index (χ1) is 15.0. The maximum atomic E-state index is 13.5. The summed E-state index contributed by atoms with van der Waals surface area (Å²) < 4.78 is 27.7. The fraction of sp³-hybridized carbons (Fsp3) is 0.0455. The second-order valence-corrected chi connectivity index (χ2v) is 10.6. The number of aromatic nitrogens is 3. The minimum Gasteiger partial charge on any atom is -0.222 e. The largest absolute Gasteiger partial charge is 0.222 e. The summed E-state index contributed by atoms with van der Waals surface area (Å²) in [5.41, 5.74) is 1.90. The smallest absolute Gasteiger partial charge is 0.214 e. The molecular formula is C22H15ClN4O2S2. The van der Waals surface area contributed by atoms with Crippen LogP contribution in [0.15, 0.2) is 100 Å². The van der Waals surface area contributed by atoms with Gasteiger partial charge in [-0.1, -0.05) is 84.0 Å². The standard InChI is InChI=1S/C22H15ClN4O2S2/c23-17-13-11-15(12-14-17)19-21(31(28,29)18-9-5-2-6-10-18)30-22-25-24-20(27(22)26-19)16-7-3-1-4-8-16/h1-14,21H. The van der Waals surface area contributed by atoms with E-state index in [-0.39, 0.29) is 4.90 Å². The first kappa shape index (κ1) is 20.0. The lowest BCUT2D eigenvalue weighted by atomic mass is 10.1. The van der Waals surface area contributed by atoms with Crippen LogP contribution in [0.3, 0.4) is 0 Å². The van der Waals surface area contributed by atoms with Crippen molar-refractivity contribution in [1.29, 1.82) is 0 Å². The van der Waals surface area contributed by atoms with Gasteiger partial charge in [0.1, 0.15) is 0 Å². The maximum absolute atomic E-state index is 13.5. The summed E-state index contributed by atoms with van der Waals surface area (Å²) in [5.74, 6) is 0.546. The number of sulfone groups is 1. The lowest BCUT2D eigenvalue weighted by molar-refractivity contribution is 0.597. The Bertz CT molecular complexity index is 1370. The van der Waals surface area contributed by atoms with Gasteiger partial charge in [-0.25, -0.2) is 8.42 Å². The van der Waals surface area contributed by atoms with E-state index in [1.54, 1.807) is 59.3 Å². The third kappa shape index (κ3) is 3.67. The highest BCUT2D eigenvalue weighted by Gasteiger charge is 2.39. The van der Waals surface area contributed by atoms with E-state index in [4.69, 9.17) is 16.7 Å². The topological polar surface area (TPSA) is 77.2 Å². The van der Waals surface area contributed by atoms with Crippen molar-refractivity contribution in [3.63, 3.8) is 0 Å². The highest BCUT2D eigenvalue weighted by molar-refractivity contribution is 8.14. The van der Waals surface area contributed by atoms with Crippen LogP contribution in [0.4, 0.5) is 0 Å². The molecule has 1 atom stereocenters. The van der Waals surface area contributed by atoms with Crippen molar-refractivity contribution in [3.8, 4) is 11.4 Å². The predicted molar refractivity (Wildman–Crippen MR) is 122 cm³/mol. The lowest BCUT2D eigenvalue weighted by Crippen LogP contribution is -2.32. The van der Waals surface area contributed by atoms with Gasteiger partial charge in [0.05, 0.1) is 10.6 Å². The van der Waals surface area contributed by atoms with Crippen molar-refractivity contribution in [2.75, 3.05) is 0 Å². The van der Waals surface area contributed by atoms with Gasteiger partial charge in [-0.15, -0.1) is 10.2 Å². The van der Waals surface area contributed by atoms with Crippen LogP contribution in [-0.4, -0.2) is 33.6 Å². The highest BCUT2D eigenvalue weighted by atomic mass is 35.5. The molecule has 1 aliphatic heterocycles. The van der Waals surface area contributed by atoms with Crippen LogP contribution in [0.5, 0.6) is 0 Å². The Morgan fingerprint density at radius 3 is 2.13 bits per heavy atom. The van der Waals surface area contributed by atoms with Gasteiger partial charge in [0.25, 0.3) is 0 Å². The Hall–Kier alpha value is -2.94. The van der Waals surface area contributed by atoms with Crippen molar-refractivity contribution < 1.29 is 8.42 Å². The Labute approximate surface area is 188 Å². The second kappa shape index (κ2) is 7.96. The highest BCUT2D eigenvalue weighted by Crippen LogP contribution is 2.38. The molecule has 0 saturated heterocycles. The number of hydrogen-bond donors (Lipinski definition) is 0. The summed E-state index contributed by atoms with van der Waals surface area (Å²) in [7, 11) is -3.75. The summed E-state index contributed by atoms with van der Waals surface area (Å²) in [5, 5.41) is 14.2. The maximum Gasteiger partial charge on any atom is 0.214 e. The van der Waals surface area contributed by atoms with Crippen LogP contribution in [-0.2, 0) is 9.84 Å². The Morgan fingerprint density at radius 1 is 0.806 bits per heavy atom. The fourth-order valence-corrected chi connectivity index (χ4v) is 6.55. The van der Waals surface area contributed by atoms with Gasteiger partial charge < -0.3 is 0 Å². The van der Waals surface area contributed by atoms with Crippen molar-refractivity contribution >= 4 is 38.9 Å². The van der Waals surface area contributed by atoms with Crippen molar-refractivity contribution in [3.05, 3.63) is 95.5 Å². The van der Waals surface area contributed by atoms with Crippen LogP contribution in [0.2, 0.25) is 5.02 Å². The number of halogens is 1. The zero-order valence-electron chi connectivity index (χ0n) is 16.0. The van der Waals surface area contributed by atoms with E-state index < -0.39 is 14.4 Å². The molecule has 0 amide bonds. The first-order valence-electron chi connectivity index (χ1n) is 9.35. The molecular weight excluding hydrogens is 452 g/mol. The SMILES string of the molecule is O=S(=O)(c1ccccc1)C1Sc2nnc(-c3ccccc3)n2N=C1c1ccc(Cl)cc1. The summed E-state index contributed by atoms with van der Waals surface area (Å²) in [6.45, 7) is 0. The monoisotopic (exact) mass is 466 g/mol. The van der Waals surface area contributed by atoms with E-state index in [0.717, 1.165) is 17.3 Å². The zero-order chi connectivity index (χ0) is 21.4. The van der Waals surface area contributed by atoms with Gasteiger partial charge >= 0.3 is 0 Å². The number of thioether (sulfide) groups is 1. The van der Waals surface area contributed by atoms with E-state index in [9.17, 15) is 8.42 Å². The van der Waals surface area contributed by atoms with Crippen LogP contribution in [0, 0.1) is 0 Å². The van der Waals surface area contributed by atoms with Crippen LogP contribution in [0.25, 0.3) is 11.4 Å². The second-order valence-electron chi connectivity index (χ2n) is 6.78. The van der Waals surface area contributed by atoms with Crippen molar-refractivity contribution in [1.82, 2.24) is 14.9 Å². The van der Waals surface area contributed by atoms with E-state index in [0.29, 0.717) is 27.3 Å². The van der Waals surface area contributed by atoms with Gasteiger partial charge in [0, 0.05) is 16.1 Å². The van der Waals surface area contributed by atoms with Gasteiger partial charge in [0.2, 0.25) is 5.16 Å². The molecule has 0 radical (unpaired) electrons. The molecule has 1 aliphatic rings. The minimum absolute atomic E-state index is 0.227. The Kier molecular flexibility index (Phi) is 5.13. The normalized spacial score (nSPS) is 15.9. The molecule has 1 unspecified atom stereocenters. The molecule has 0 N–H and O–H groups in total. The quantitative estimate of drug-likeness (QED) is 0.433. The molecule has 0 fully saturated rings. The lowest BCUT2D eigenvalue weighted by Gasteiger charge is -2.23. The molecule has 3 aromatic carbocycles. The van der Waals surface area contributed by atoms with Crippen molar-refractivity contribution in [2.45, 2.75) is 14.6 Å².